The Morgan fingerprint density at radius 1 is 0.867 bits per heavy atom. The number of pyridine rings is 1. The highest BCUT2D eigenvalue weighted by Crippen LogP contribution is 2.22. The maximum Gasteiger partial charge on any atom is 0.303 e. The summed E-state index contributed by atoms with van der Waals surface area (Å²) in [7, 11) is 0. The van der Waals surface area contributed by atoms with E-state index in [2.05, 4.69) is 34.5 Å². The molecule has 0 aliphatic carbocycles. The van der Waals surface area contributed by atoms with Crippen molar-refractivity contribution >= 4 is 23.4 Å². The van der Waals surface area contributed by atoms with Gasteiger partial charge in [0, 0.05) is 19.5 Å². The van der Waals surface area contributed by atoms with E-state index in [1.54, 1.807) is 0 Å². The summed E-state index contributed by atoms with van der Waals surface area (Å²) in [5.74, 6) is -0.517. The molecule has 0 atom stereocenters. The van der Waals surface area contributed by atoms with E-state index in [0.717, 1.165) is 5.82 Å². The fourth-order valence-corrected chi connectivity index (χ4v) is 3.11. The molecule has 0 saturated heterocycles. The van der Waals surface area contributed by atoms with E-state index >= 15 is 0 Å². The molecule has 0 radical (unpaired) electrons. The number of nitrogens with zero attached hydrogens (tertiary/aromatic N) is 2. The molecule has 0 aliphatic heterocycles. The lowest BCUT2D eigenvalue weighted by Gasteiger charge is -2.25. The second-order valence-corrected chi connectivity index (χ2v) is 7.07. The van der Waals surface area contributed by atoms with Crippen LogP contribution in [0, 0.1) is 6.92 Å². The Bertz CT molecular complexity index is 950. The first-order chi connectivity index (χ1) is 14.5. The second kappa shape index (κ2) is 10.2. The number of aliphatic carboxylic acids is 1. The van der Waals surface area contributed by atoms with E-state index in [-0.39, 0.29) is 18.7 Å². The van der Waals surface area contributed by atoms with Crippen LogP contribution in [0.4, 0.5) is 11.5 Å². The van der Waals surface area contributed by atoms with E-state index in [0.29, 0.717) is 24.5 Å². The van der Waals surface area contributed by atoms with E-state index < -0.39 is 5.97 Å². The molecular weight excluding hydrogens is 378 g/mol. The number of hydrogen-bond donors (Lipinski definition) is 2. The minimum Gasteiger partial charge on any atom is -0.481 e. The predicted octanol–water partition coefficient (Wildman–Crippen LogP) is 4.40. The Labute approximate surface area is 176 Å². The van der Waals surface area contributed by atoms with E-state index in [1.807, 2.05) is 55.5 Å². The van der Waals surface area contributed by atoms with Crippen LogP contribution in [0.2, 0.25) is 0 Å². The van der Waals surface area contributed by atoms with Gasteiger partial charge in [-0.15, -0.1) is 0 Å². The summed E-state index contributed by atoms with van der Waals surface area (Å²) < 4.78 is 0. The van der Waals surface area contributed by atoms with Crippen molar-refractivity contribution in [3.63, 3.8) is 0 Å². The summed E-state index contributed by atoms with van der Waals surface area (Å²) in [5, 5.41) is 11.5. The number of aryl methyl sites for hydroxylation is 1. The summed E-state index contributed by atoms with van der Waals surface area (Å²) in [5.41, 5.74) is 3.63. The number of anilines is 2. The van der Waals surface area contributed by atoms with Crippen molar-refractivity contribution in [2.75, 3.05) is 10.2 Å². The maximum atomic E-state index is 12.0. The van der Waals surface area contributed by atoms with E-state index in [1.165, 1.54) is 11.1 Å². The van der Waals surface area contributed by atoms with Gasteiger partial charge in [0.2, 0.25) is 5.91 Å². The number of carbonyl (C=O) groups excluding carboxylic acids is 1. The Balaban J connectivity index is 1.79. The first-order valence-electron chi connectivity index (χ1n) is 9.83. The van der Waals surface area contributed by atoms with Gasteiger partial charge in [0.05, 0.1) is 17.8 Å². The van der Waals surface area contributed by atoms with Gasteiger partial charge in [-0.3, -0.25) is 9.59 Å². The van der Waals surface area contributed by atoms with Gasteiger partial charge in [-0.05, 0) is 30.2 Å². The molecule has 2 aromatic carbocycles. The summed E-state index contributed by atoms with van der Waals surface area (Å²) >= 11 is 0. The van der Waals surface area contributed by atoms with Crippen LogP contribution in [0.5, 0.6) is 0 Å². The molecule has 1 aromatic heterocycles. The van der Waals surface area contributed by atoms with Crippen molar-refractivity contribution in [1.82, 2.24) is 4.98 Å². The molecular formula is C24H25N3O3. The van der Waals surface area contributed by atoms with Gasteiger partial charge >= 0.3 is 5.97 Å². The number of carboxylic acid groups (broad SMARTS) is 1. The molecule has 0 bridgehead atoms. The molecule has 154 valence electrons. The smallest absolute Gasteiger partial charge is 0.303 e. The summed E-state index contributed by atoms with van der Waals surface area (Å²) in [6, 6.07) is 24.1. The number of rotatable bonds is 9. The molecule has 30 heavy (non-hydrogen) atoms. The van der Waals surface area contributed by atoms with Crippen LogP contribution in [0.25, 0.3) is 0 Å². The van der Waals surface area contributed by atoms with Gasteiger partial charge < -0.3 is 15.3 Å². The van der Waals surface area contributed by atoms with Crippen LogP contribution in [-0.2, 0) is 22.7 Å². The largest absolute Gasteiger partial charge is 0.481 e. The lowest BCUT2D eigenvalue weighted by atomic mass is 10.1. The van der Waals surface area contributed by atoms with Gasteiger partial charge in [0.15, 0.2) is 0 Å². The SMILES string of the molecule is Cc1nc(N(Cc2ccccc2)Cc2ccccc2)ccc1NC(=O)CCC(=O)O. The monoisotopic (exact) mass is 403 g/mol. The molecule has 2 N–H and O–H groups in total. The normalized spacial score (nSPS) is 10.4. The maximum absolute atomic E-state index is 12.0. The van der Waals surface area contributed by atoms with E-state index in [9.17, 15) is 9.59 Å². The topological polar surface area (TPSA) is 82.5 Å². The molecule has 6 heteroatoms. The van der Waals surface area contributed by atoms with Crippen LogP contribution in [0.1, 0.15) is 29.7 Å². The third-order valence-electron chi connectivity index (χ3n) is 4.67. The number of carboxylic acids is 1. The minimum atomic E-state index is -0.993. The van der Waals surface area contributed by atoms with Crippen molar-refractivity contribution in [1.29, 1.82) is 0 Å². The number of hydrogen-bond acceptors (Lipinski definition) is 4. The zero-order valence-corrected chi connectivity index (χ0v) is 16.9. The third-order valence-corrected chi connectivity index (χ3v) is 4.67. The fraction of sp³-hybridized carbons (Fsp3) is 0.208. The molecule has 1 amide bonds. The highest BCUT2D eigenvalue weighted by atomic mass is 16.4. The summed E-state index contributed by atoms with van der Waals surface area (Å²) in [4.78, 5) is 29.5. The zero-order valence-electron chi connectivity index (χ0n) is 16.9. The molecule has 0 unspecified atom stereocenters. The number of benzene rings is 2. The van der Waals surface area contributed by atoms with Gasteiger partial charge in [0.1, 0.15) is 5.82 Å². The Morgan fingerprint density at radius 3 is 1.93 bits per heavy atom. The molecule has 6 nitrogen and oxygen atoms in total. The summed E-state index contributed by atoms with van der Waals surface area (Å²) in [6.07, 6.45) is -0.261. The highest BCUT2D eigenvalue weighted by molar-refractivity contribution is 5.93. The van der Waals surface area contributed by atoms with Crippen molar-refractivity contribution in [3.05, 3.63) is 89.6 Å². The van der Waals surface area contributed by atoms with Crippen molar-refractivity contribution < 1.29 is 14.7 Å². The first-order valence-corrected chi connectivity index (χ1v) is 9.83. The average molecular weight is 403 g/mol. The van der Waals surface area contributed by atoms with Crippen LogP contribution in [0.15, 0.2) is 72.8 Å². The quantitative estimate of drug-likeness (QED) is 0.553. The molecule has 3 rings (SSSR count). The van der Waals surface area contributed by atoms with E-state index in [4.69, 9.17) is 10.1 Å². The van der Waals surface area contributed by atoms with Crippen molar-refractivity contribution in [2.24, 2.45) is 0 Å². The average Bonchev–Trinajstić information content (AvgIpc) is 2.75. The molecule has 0 saturated carbocycles. The Hall–Kier alpha value is -3.67. The molecule has 3 aromatic rings. The van der Waals surface area contributed by atoms with Crippen molar-refractivity contribution in [3.8, 4) is 0 Å². The Morgan fingerprint density at radius 2 is 1.43 bits per heavy atom. The van der Waals surface area contributed by atoms with Crippen LogP contribution in [-0.4, -0.2) is 22.0 Å². The minimum absolute atomic E-state index is 0.0648. The van der Waals surface area contributed by atoms with Gasteiger partial charge in [0.25, 0.3) is 0 Å². The van der Waals surface area contributed by atoms with Crippen LogP contribution in [0.3, 0.4) is 0 Å². The fourth-order valence-electron chi connectivity index (χ4n) is 3.11. The third kappa shape index (κ3) is 6.17. The molecule has 0 fully saturated rings. The van der Waals surface area contributed by atoms with Gasteiger partial charge in [-0.25, -0.2) is 4.98 Å². The van der Waals surface area contributed by atoms with Crippen molar-refractivity contribution in [2.45, 2.75) is 32.9 Å². The highest BCUT2D eigenvalue weighted by Gasteiger charge is 2.13. The predicted molar refractivity (Wildman–Crippen MR) is 117 cm³/mol. The number of carbonyl (C=O) groups is 2. The second-order valence-electron chi connectivity index (χ2n) is 7.07. The molecule has 0 aliphatic rings. The Kier molecular flexibility index (Phi) is 7.16. The molecule has 0 spiro atoms. The van der Waals surface area contributed by atoms with Crippen LogP contribution >= 0.6 is 0 Å². The number of amides is 1. The zero-order chi connectivity index (χ0) is 21.3. The number of aromatic nitrogens is 1. The van der Waals surface area contributed by atoms with Gasteiger partial charge in [-0.1, -0.05) is 60.7 Å². The lowest BCUT2D eigenvalue weighted by molar-refractivity contribution is -0.138. The standard InChI is InChI=1S/C24H25N3O3/c1-18-21(26-23(28)14-15-24(29)30)12-13-22(25-18)27(16-19-8-4-2-5-9-19)17-20-10-6-3-7-11-20/h2-13H,14-17H2,1H3,(H,26,28)(H,29,30). The van der Waals surface area contributed by atoms with Crippen LogP contribution < -0.4 is 10.2 Å². The van der Waals surface area contributed by atoms with Gasteiger partial charge in [-0.2, -0.15) is 0 Å². The summed E-state index contributed by atoms with van der Waals surface area (Å²) in [6.45, 7) is 3.23. The number of nitrogens with one attached hydrogen (secondary N) is 1. The lowest BCUT2D eigenvalue weighted by Crippen LogP contribution is -2.23. The molecule has 1 heterocycles. The first kappa shape index (κ1) is 21.0.